The van der Waals surface area contributed by atoms with Gasteiger partial charge in [0.15, 0.2) is 5.76 Å². The van der Waals surface area contributed by atoms with Gasteiger partial charge >= 0.3 is 11.9 Å². The number of carbonyl (C=O) groups excluding carboxylic acids is 2. The summed E-state index contributed by atoms with van der Waals surface area (Å²) in [6.07, 6.45) is -0.433. The lowest BCUT2D eigenvalue weighted by atomic mass is 9.86. The van der Waals surface area contributed by atoms with E-state index in [9.17, 15) is 19.5 Å². The Labute approximate surface area is 171 Å². The Bertz CT molecular complexity index is 1070. The number of fused-ring (bicyclic) bond motifs is 1. The summed E-state index contributed by atoms with van der Waals surface area (Å²) in [6.45, 7) is 2.83. The molecule has 1 atom stereocenters. The monoisotopic (exact) mass is 415 g/mol. The number of rotatable bonds is 5. The van der Waals surface area contributed by atoms with Crippen LogP contribution in [0.4, 0.5) is 0 Å². The zero-order valence-corrected chi connectivity index (χ0v) is 16.6. The number of aliphatic hydroxyl groups excluding tert-OH is 1. The maximum absolute atomic E-state index is 12.8. The van der Waals surface area contributed by atoms with Crippen molar-refractivity contribution in [2.24, 2.45) is 5.73 Å². The Hall–Kier alpha value is -3.59. The van der Waals surface area contributed by atoms with Crippen molar-refractivity contribution in [2.45, 2.75) is 32.5 Å². The molecule has 1 aromatic carbocycles. The summed E-state index contributed by atoms with van der Waals surface area (Å²) in [5.41, 5.74) is 6.16. The second kappa shape index (κ2) is 8.42. The molecule has 0 unspecified atom stereocenters. The second-order valence-electron chi connectivity index (χ2n) is 6.81. The summed E-state index contributed by atoms with van der Waals surface area (Å²) in [5.74, 6) is -2.71. The zero-order valence-electron chi connectivity index (χ0n) is 16.6. The molecule has 3 rings (SSSR count). The standard InChI is InChI=1S/C21H21NO8/c1-10(2)28-21(26)16-15(11-4-6-12(7-5-11)20(25)27-3)18-17(30-19(16)22)14(24)8-13(9-23)29-18/h4-8,10,15,23H,9,22H2,1-3H3/t15-/m1/s1. The minimum atomic E-state index is -0.953. The van der Waals surface area contributed by atoms with Crippen LogP contribution in [0, 0.1) is 0 Å². The summed E-state index contributed by atoms with van der Waals surface area (Å²) in [4.78, 5) is 37.0. The quantitative estimate of drug-likeness (QED) is 0.697. The van der Waals surface area contributed by atoms with Gasteiger partial charge in [-0.05, 0) is 31.5 Å². The van der Waals surface area contributed by atoms with Gasteiger partial charge in [-0.15, -0.1) is 0 Å². The molecule has 0 fully saturated rings. The fourth-order valence-electron chi connectivity index (χ4n) is 3.10. The third kappa shape index (κ3) is 3.92. The molecule has 3 N–H and O–H groups in total. The van der Waals surface area contributed by atoms with Crippen molar-refractivity contribution in [3.63, 3.8) is 0 Å². The van der Waals surface area contributed by atoms with Crippen LogP contribution in [0.25, 0.3) is 0 Å². The number of hydrogen-bond acceptors (Lipinski definition) is 9. The van der Waals surface area contributed by atoms with Crippen molar-refractivity contribution in [2.75, 3.05) is 7.11 Å². The number of hydrogen-bond donors (Lipinski definition) is 2. The summed E-state index contributed by atoms with van der Waals surface area (Å²) >= 11 is 0. The Kier molecular flexibility index (Phi) is 5.93. The molecule has 9 nitrogen and oxygen atoms in total. The van der Waals surface area contributed by atoms with E-state index in [0.717, 1.165) is 6.07 Å². The molecule has 2 aromatic rings. The van der Waals surface area contributed by atoms with Gasteiger partial charge in [0.25, 0.3) is 0 Å². The fourth-order valence-corrected chi connectivity index (χ4v) is 3.10. The molecule has 1 aromatic heterocycles. The molecule has 0 saturated heterocycles. The van der Waals surface area contributed by atoms with Gasteiger partial charge in [0, 0.05) is 6.07 Å². The summed E-state index contributed by atoms with van der Waals surface area (Å²) < 4.78 is 21.1. The highest BCUT2D eigenvalue weighted by Gasteiger charge is 2.39. The first kappa shape index (κ1) is 21.1. The van der Waals surface area contributed by atoms with Crippen molar-refractivity contribution in [3.05, 3.63) is 74.7 Å². The molecule has 0 bridgehead atoms. The smallest absolute Gasteiger partial charge is 0.340 e. The lowest BCUT2D eigenvalue weighted by Gasteiger charge is -2.27. The first-order valence-corrected chi connectivity index (χ1v) is 9.11. The predicted molar refractivity (Wildman–Crippen MR) is 104 cm³/mol. The largest absolute Gasteiger partial charge is 0.465 e. The molecule has 0 spiro atoms. The van der Waals surface area contributed by atoms with E-state index < -0.39 is 36.0 Å². The summed E-state index contributed by atoms with van der Waals surface area (Å²) in [6, 6.07) is 7.25. The van der Waals surface area contributed by atoms with Crippen molar-refractivity contribution >= 4 is 11.9 Å². The molecule has 9 heteroatoms. The maximum Gasteiger partial charge on any atom is 0.340 e. The number of ether oxygens (including phenoxy) is 3. The molecular formula is C21H21NO8. The van der Waals surface area contributed by atoms with E-state index >= 15 is 0 Å². The van der Waals surface area contributed by atoms with Gasteiger partial charge in [0.2, 0.25) is 17.1 Å². The van der Waals surface area contributed by atoms with Crippen molar-refractivity contribution in [1.82, 2.24) is 0 Å². The van der Waals surface area contributed by atoms with Gasteiger partial charge < -0.3 is 29.5 Å². The van der Waals surface area contributed by atoms with Gasteiger partial charge in [-0.3, -0.25) is 4.79 Å². The predicted octanol–water partition coefficient (Wildman–Crippen LogP) is 1.56. The second-order valence-corrected chi connectivity index (χ2v) is 6.81. The highest BCUT2D eigenvalue weighted by atomic mass is 16.5. The summed E-state index contributed by atoms with van der Waals surface area (Å²) in [7, 11) is 1.26. The number of aliphatic hydroxyl groups is 1. The van der Waals surface area contributed by atoms with Gasteiger partial charge in [-0.2, -0.15) is 0 Å². The molecule has 1 aliphatic rings. The number of esters is 2. The van der Waals surface area contributed by atoms with Crippen LogP contribution in [0.2, 0.25) is 0 Å². The van der Waals surface area contributed by atoms with Crippen molar-refractivity contribution < 1.29 is 33.3 Å². The maximum atomic E-state index is 12.8. The third-order valence-corrected chi connectivity index (χ3v) is 4.39. The molecular weight excluding hydrogens is 394 g/mol. The minimum Gasteiger partial charge on any atom is -0.465 e. The molecule has 30 heavy (non-hydrogen) atoms. The first-order valence-electron chi connectivity index (χ1n) is 9.11. The van der Waals surface area contributed by atoms with Crippen LogP contribution in [0.3, 0.4) is 0 Å². The van der Waals surface area contributed by atoms with Crippen LogP contribution in [0.5, 0.6) is 5.75 Å². The molecule has 0 radical (unpaired) electrons. The Balaban J connectivity index is 2.20. The highest BCUT2D eigenvalue weighted by Crippen LogP contribution is 2.41. The first-order chi connectivity index (χ1) is 14.3. The number of benzene rings is 1. The van der Waals surface area contributed by atoms with Crippen molar-refractivity contribution in [3.8, 4) is 5.75 Å². The van der Waals surface area contributed by atoms with Crippen LogP contribution in [0.1, 0.15) is 47.2 Å². The van der Waals surface area contributed by atoms with Gasteiger partial charge in [0.05, 0.1) is 24.7 Å². The fraction of sp³-hybridized carbons (Fsp3) is 0.286. The number of methoxy groups -OCH3 is 1. The average Bonchev–Trinajstić information content (AvgIpc) is 2.72. The van der Waals surface area contributed by atoms with Gasteiger partial charge in [-0.25, -0.2) is 9.59 Å². The Morgan fingerprint density at radius 2 is 1.87 bits per heavy atom. The molecule has 2 heterocycles. The van der Waals surface area contributed by atoms with Crippen molar-refractivity contribution in [1.29, 1.82) is 0 Å². The highest BCUT2D eigenvalue weighted by molar-refractivity contribution is 5.93. The molecule has 0 aliphatic carbocycles. The zero-order chi connectivity index (χ0) is 22.0. The van der Waals surface area contributed by atoms with E-state index in [1.54, 1.807) is 26.0 Å². The van der Waals surface area contributed by atoms with E-state index in [1.165, 1.54) is 19.2 Å². The molecule has 1 aliphatic heterocycles. The third-order valence-electron chi connectivity index (χ3n) is 4.39. The molecule has 0 amide bonds. The van der Waals surface area contributed by atoms with Gasteiger partial charge in [-0.1, -0.05) is 12.1 Å². The van der Waals surface area contributed by atoms with E-state index in [0.29, 0.717) is 11.1 Å². The van der Waals surface area contributed by atoms with Crippen LogP contribution in [-0.4, -0.2) is 30.3 Å². The average molecular weight is 415 g/mol. The van der Waals surface area contributed by atoms with E-state index in [1.807, 2.05) is 0 Å². The van der Waals surface area contributed by atoms with Crippen LogP contribution in [0.15, 0.2) is 51.0 Å². The summed E-state index contributed by atoms with van der Waals surface area (Å²) in [5, 5.41) is 9.44. The minimum absolute atomic E-state index is 0.00211. The number of carbonyl (C=O) groups is 2. The van der Waals surface area contributed by atoms with Crippen LogP contribution < -0.4 is 15.9 Å². The van der Waals surface area contributed by atoms with E-state index in [2.05, 4.69) is 0 Å². The number of nitrogens with two attached hydrogens (primary N) is 1. The lowest BCUT2D eigenvalue weighted by Crippen LogP contribution is -2.31. The normalized spacial score (nSPS) is 15.4. The SMILES string of the molecule is COC(=O)c1ccc([C@@H]2C(C(=O)OC(C)C)=C(N)Oc3c2oc(CO)cc3=O)cc1. The van der Waals surface area contributed by atoms with E-state index in [-0.39, 0.29) is 28.7 Å². The Morgan fingerprint density at radius 3 is 2.43 bits per heavy atom. The lowest BCUT2D eigenvalue weighted by molar-refractivity contribution is -0.143. The molecule has 0 saturated carbocycles. The Morgan fingerprint density at radius 1 is 1.20 bits per heavy atom. The van der Waals surface area contributed by atoms with E-state index in [4.69, 9.17) is 24.4 Å². The van der Waals surface area contributed by atoms with Crippen LogP contribution >= 0.6 is 0 Å². The van der Waals surface area contributed by atoms with Crippen LogP contribution in [-0.2, 0) is 20.9 Å². The topological polar surface area (TPSA) is 138 Å². The van der Waals surface area contributed by atoms with Gasteiger partial charge in [0.1, 0.15) is 17.9 Å². The molecule has 158 valence electrons.